The molecule has 34 heavy (non-hydrogen) atoms. The summed E-state index contributed by atoms with van der Waals surface area (Å²) < 4.78 is 0. The maximum Gasteiger partial charge on any atom is 0.317 e. The number of halogens is 1. The number of nitrogens with two attached hydrogens (primary N) is 1. The van der Waals surface area contributed by atoms with Gasteiger partial charge in [0.25, 0.3) is 0 Å². The number of amidine groups is 1. The van der Waals surface area contributed by atoms with Crippen LogP contribution in [0, 0.1) is 0 Å². The lowest BCUT2D eigenvalue weighted by molar-refractivity contribution is -0.305. The van der Waals surface area contributed by atoms with Crippen molar-refractivity contribution in [3.05, 3.63) is 71.2 Å². The SMILES string of the molecule is CC(N)=[NH+]C=Nc1ccc(N2CCN(C(=O)N[C@@H](C)c3cccc4ccccc34)CC2)cc1Cl. The first kappa shape index (κ1) is 23.6. The lowest BCUT2D eigenvalue weighted by Crippen LogP contribution is -2.72. The van der Waals surface area contributed by atoms with Crippen LogP contribution in [-0.4, -0.2) is 49.3 Å². The monoisotopic (exact) mass is 477 g/mol. The minimum atomic E-state index is -0.0846. The average molecular weight is 478 g/mol. The Morgan fingerprint density at radius 2 is 1.85 bits per heavy atom. The number of piperazine rings is 1. The minimum absolute atomic E-state index is 0.0395. The van der Waals surface area contributed by atoms with Crippen LogP contribution in [0.2, 0.25) is 5.02 Å². The molecule has 3 aromatic carbocycles. The number of urea groups is 1. The second kappa shape index (κ2) is 10.6. The molecule has 3 aromatic rings. The van der Waals surface area contributed by atoms with E-state index in [4.69, 9.17) is 17.3 Å². The summed E-state index contributed by atoms with van der Waals surface area (Å²) in [4.78, 5) is 24.2. The third kappa shape index (κ3) is 5.48. The van der Waals surface area contributed by atoms with Crippen LogP contribution in [0.25, 0.3) is 10.8 Å². The molecule has 7 nitrogen and oxygen atoms in total. The number of carbonyl (C=O) groups excluding carboxylic acids is 1. The Morgan fingerprint density at radius 3 is 2.59 bits per heavy atom. The van der Waals surface area contributed by atoms with Crippen molar-refractivity contribution in [2.24, 2.45) is 10.7 Å². The first-order valence-corrected chi connectivity index (χ1v) is 11.8. The number of carbonyl (C=O) groups is 1. The Bertz CT molecular complexity index is 1220. The highest BCUT2D eigenvalue weighted by molar-refractivity contribution is 6.33. The molecule has 4 N–H and O–H groups in total. The number of fused-ring (bicyclic) bond motifs is 1. The van der Waals surface area contributed by atoms with Gasteiger partial charge in [-0.25, -0.2) is 4.79 Å². The fraction of sp³-hybridized carbons (Fsp3) is 0.269. The minimum Gasteiger partial charge on any atom is -0.368 e. The van der Waals surface area contributed by atoms with Gasteiger partial charge in [0.05, 0.1) is 11.1 Å². The average Bonchev–Trinajstić information content (AvgIpc) is 2.84. The molecular weight excluding hydrogens is 448 g/mol. The molecule has 1 fully saturated rings. The van der Waals surface area contributed by atoms with Crippen LogP contribution in [0.4, 0.5) is 16.2 Å². The summed E-state index contributed by atoms with van der Waals surface area (Å²) in [5.41, 5.74) is 8.37. The third-order valence-corrected chi connectivity index (χ3v) is 6.29. The van der Waals surface area contributed by atoms with E-state index in [0.29, 0.717) is 29.6 Å². The van der Waals surface area contributed by atoms with E-state index < -0.39 is 0 Å². The molecule has 1 saturated heterocycles. The van der Waals surface area contributed by atoms with Crippen LogP contribution in [0.5, 0.6) is 0 Å². The summed E-state index contributed by atoms with van der Waals surface area (Å²) in [6.45, 7) is 6.53. The van der Waals surface area contributed by atoms with Crippen LogP contribution in [-0.2, 0) is 0 Å². The van der Waals surface area contributed by atoms with Crippen molar-refractivity contribution in [2.75, 3.05) is 31.1 Å². The number of aliphatic imine (C=N–C) groups is 1. The zero-order chi connectivity index (χ0) is 24.1. The van der Waals surface area contributed by atoms with Gasteiger partial charge in [0, 0.05) is 38.8 Å². The van der Waals surface area contributed by atoms with Crippen LogP contribution in [0.15, 0.2) is 65.7 Å². The van der Waals surface area contributed by atoms with Crippen molar-refractivity contribution in [3.8, 4) is 0 Å². The predicted octanol–water partition coefficient (Wildman–Crippen LogP) is 3.20. The number of rotatable bonds is 5. The van der Waals surface area contributed by atoms with Crippen LogP contribution < -0.4 is 20.9 Å². The molecule has 1 aliphatic heterocycles. The number of hydrogen-bond acceptors (Lipinski definition) is 3. The van der Waals surface area contributed by atoms with E-state index in [9.17, 15) is 4.79 Å². The van der Waals surface area contributed by atoms with Gasteiger partial charge < -0.3 is 20.9 Å². The number of benzene rings is 3. The fourth-order valence-electron chi connectivity index (χ4n) is 4.15. The number of hydrogen-bond donors (Lipinski definition) is 3. The molecule has 0 aromatic heterocycles. The molecule has 1 aliphatic rings. The summed E-state index contributed by atoms with van der Waals surface area (Å²) >= 11 is 6.42. The lowest BCUT2D eigenvalue weighted by Gasteiger charge is -2.36. The summed E-state index contributed by atoms with van der Waals surface area (Å²) in [6, 6.07) is 20.1. The molecule has 1 heterocycles. The maximum atomic E-state index is 13.0. The van der Waals surface area contributed by atoms with Crippen molar-refractivity contribution < 1.29 is 9.79 Å². The molecule has 4 rings (SSSR count). The standard InChI is InChI=1S/C26H29ClN6O/c1-18(22-9-5-7-20-6-3-4-8-23(20)22)31-26(34)33-14-12-32(13-15-33)21-10-11-25(24(27)16-21)30-17-29-19(2)28/h3-11,16-18H,12-15H2,1-2H3,(H,31,34)(H2,28,29,30)/p+1/t18-/m0/s1. The highest BCUT2D eigenvalue weighted by Crippen LogP contribution is 2.30. The number of amides is 2. The first-order valence-electron chi connectivity index (χ1n) is 11.4. The molecule has 8 heteroatoms. The highest BCUT2D eigenvalue weighted by Gasteiger charge is 2.23. The lowest BCUT2D eigenvalue weighted by atomic mass is 10.00. The molecule has 0 unspecified atom stereocenters. The van der Waals surface area contributed by atoms with Gasteiger partial charge in [-0.3, -0.25) is 4.99 Å². The molecular formula is C26H30ClN6O+. The first-order chi connectivity index (χ1) is 16.4. The molecule has 176 valence electrons. The van der Waals surface area contributed by atoms with Gasteiger partial charge in [-0.1, -0.05) is 54.1 Å². The van der Waals surface area contributed by atoms with Crippen LogP contribution >= 0.6 is 11.6 Å². The Balaban J connectivity index is 1.35. The zero-order valence-electron chi connectivity index (χ0n) is 19.5. The van der Waals surface area contributed by atoms with Crippen molar-refractivity contribution >= 4 is 52.0 Å². The van der Waals surface area contributed by atoms with Gasteiger partial charge in [0.15, 0.2) is 11.5 Å². The van der Waals surface area contributed by atoms with Gasteiger partial charge in [-0.05, 0) is 41.5 Å². The second-order valence-electron chi connectivity index (χ2n) is 8.43. The summed E-state index contributed by atoms with van der Waals surface area (Å²) in [6.07, 6.45) is 1.52. The quantitative estimate of drug-likeness (QED) is 0.389. The normalized spacial score (nSPS) is 15.7. The van der Waals surface area contributed by atoms with E-state index in [1.165, 1.54) is 17.1 Å². The Hall–Kier alpha value is -3.58. The maximum absolute atomic E-state index is 13.0. The molecule has 1 atom stereocenters. The third-order valence-electron chi connectivity index (χ3n) is 5.99. The molecule has 0 aliphatic carbocycles. The van der Waals surface area contributed by atoms with Crippen LogP contribution in [0.3, 0.4) is 0 Å². The molecule has 0 spiro atoms. The van der Waals surface area contributed by atoms with Gasteiger partial charge >= 0.3 is 6.03 Å². The Morgan fingerprint density at radius 1 is 1.12 bits per heavy atom. The smallest absolute Gasteiger partial charge is 0.317 e. The van der Waals surface area contributed by atoms with Gasteiger partial charge in [0.2, 0.25) is 6.34 Å². The van der Waals surface area contributed by atoms with E-state index in [-0.39, 0.29) is 12.1 Å². The number of nitrogens with one attached hydrogen (secondary N) is 2. The van der Waals surface area contributed by atoms with Gasteiger partial charge in [-0.2, -0.15) is 0 Å². The van der Waals surface area contributed by atoms with Crippen molar-refractivity contribution in [1.82, 2.24) is 10.2 Å². The van der Waals surface area contributed by atoms with Crippen molar-refractivity contribution in [2.45, 2.75) is 19.9 Å². The van der Waals surface area contributed by atoms with Crippen molar-refractivity contribution in [3.63, 3.8) is 0 Å². The second-order valence-corrected chi connectivity index (χ2v) is 8.84. The molecule has 0 bridgehead atoms. The predicted molar refractivity (Wildman–Crippen MR) is 140 cm³/mol. The van der Waals surface area contributed by atoms with Gasteiger partial charge in [-0.15, -0.1) is 4.99 Å². The number of nitrogens with zero attached hydrogens (tertiary/aromatic N) is 3. The van der Waals surface area contributed by atoms with E-state index >= 15 is 0 Å². The van der Waals surface area contributed by atoms with E-state index in [1.807, 2.05) is 48.2 Å². The molecule has 0 radical (unpaired) electrons. The van der Waals surface area contributed by atoms with E-state index in [0.717, 1.165) is 24.3 Å². The van der Waals surface area contributed by atoms with Gasteiger partial charge in [0.1, 0.15) is 0 Å². The molecule has 2 amide bonds. The highest BCUT2D eigenvalue weighted by atomic mass is 35.5. The largest absolute Gasteiger partial charge is 0.368 e. The Labute approximate surface area is 204 Å². The summed E-state index contributed by atoms with van der Waals surface area (Å²) in [5, 5.41) is 6.08. The number of anilines is 1. The van der Waals surface area contributed by atoms with Crippen molar-refractivity contribution in [1.29, 1.82) is 0 Å². The molecule has 0 saturated carbocycles. The fourth-order valence-corrected chi connectivity index (χ4v) is 4.37. The topological polar surface area (TPSA) is 87.9 Å². The zero-order valence-corrected chi connectivity index (χ0v) is 20.2. The Kier molecular flexibility index (Phi) is 7.33. The van der Waals surface area contributed by atoms with E-state index in [1.54, 1.807) is 6.92 Å². The summed E-state index contributed by atoms with van der Waals surface area (Å²) in [7, 11) is 0. The van der Waals surface area contributed by atoms with Crippen LogP contribution in [0.1, 0.15) is 25.5 Å². The summed E-state index contributed by atoms with van der Waals surface area (Å²) in [5.74, 6) is 0.560. The van der Waals surface area contributed by atoms with E-state index in [2.05, 4.69) is 44.5 Å².